The van der Waals surface area contributed by atoms with Gasteiger partial charge in [-0.2, -0.15) is 0 Å². The van der Waals surface area contributed by atoms with Gasteiger partial charge in [0.1, 0.15) is 9.46 Å². The number of pyridine rings is 1. The van der Waals surface area contributed by atoms with Crippen LogP contribution in [0.1, 0.15) is 21.2 Å². The lowest BCUT2D eigenvalue weighted by molar-refractivity contribution is 0.0953. The number of thiophene rings is 1. The predicted molar refractivity (Wildman–Crippen MR) is 102 cm³/mol. The fraction of sp³-hybridized carbons (Fsp3) is 0.111. The summed E-state index contributed by atoms with van der Waals surface area (Å²) >= 11 is 7.06. The number of aromatic nitrogens is 1. The molecule has 3 aromatic rings. The minimum Gasteiger partial charge on any atom is -0.350 e. The molecule has 0 unspecified atom stereocenters. The quantitative estimate of drug-likeness (QED) is 0.676. The molecule has 0 aliphatic carbocycles. The van der Waals surface area contributed by atoms with Gasteiger partial charge in [-0.25, -0.2) is 8.42 Å². The number of hydrogen-bond donors (Lipinski definition) is 1. The fourth-order valence-electron chi connectivity index (χ4n) is 2.43. The summed E-state index contributed by atoms with van der Waals surface area (Å²) in [5.74, 6) is -0.376. The third kappa shape index (κ3) is 4.12. The van der Waals surface area contributed by atoms with E-state index in [-0.39, 0.29) is 16.7 Å². The molecule has 2 aromatic heterocycles. The van der Waals surface area contributed by atoms with Gasteiger partial charge in [0.2, 0.25) is 0 Å². The molecular weight excluding hydrogens is 392 g/mol. The number of sulfone groups is 1. The molecular formula is C18H15ClN2O3S2. The van der Waals surface area contributed by atoms with Crippen molar-refractivity contribution in [3.05, 3.63) is 82.5 Å². The van der Waals surface area contributed by atoms with Crippen molar-refractivity contribution in [1.29, 1.82) is 0 Å². The zero-order chi connectivity index (χ0) is 18.6. The molecule has 2 heterocycles. The highest BCUT2D eigenvalue weighted by Crippen LogP contribution is 2.31. The molecule has 1 amide bonds. The molecule has 0 aliphatic heterocycles. The molecule has 1 atom stereocenters. The van der Waals surface area contributed by atoms with Crippen molar-refractivity contribution >= 4 is 38.7 Å². The van der Waals surface area contributed by atoms with Crippen LogP contribution >= 0.6 is 22.9 Å². The number of nitrogens with zero attached hydrogens (tertiary/aromatic N) is 1. The van der Waals surface area contributed by atoms with Gasteiger partial charge in [0, 0.05) is 24.0 Å². The van der Waals surface area contributed by atoms with Crippen molar-refractivity contribution in [1.82, 2.24) is 10.3 Å². The van der Waals surface area contributed by atoms with E-state index in [1.807, 2.05) is 0 Å². The van der Waals surface area contributed by atoms with E-state index < -0.39 is 15.1 Å². The van der Waals surface area contributed by atoms with Gasteiger partial charge in [-0.3, -0.25) is 9.78 Å². The maximum absolute atomic E-state index is 13.0. The Balaban J connectivity index is 1.89. The molecule has 0 spiro atoms. The van der Waals surface area contributed by atoms with Crippen molar-refractivity contribution < 1.29 is 13.2 Å². The minimum atomic E-state index is -3.66. The van der Waals surface area contributed by atoms with Crippen molar-refractivity contribution in [3.8, 4) is 0 Å². The molecule has 3 rings (SSSR count). The van der Waals surface area contributed by atoms with Crippen LogP contribution in [0.15, 0.2) is 70.5 Å². The van der Waals surface area contributed by atoms with E-state index in [1.54, 1.807) is 60.1 Å². The van der Waals surface area contributed by atoms with Crippen LogP contribution in [0.5, 0.6) is 0 Å². The summed E-state index contributed by atoms with van der Waals surface area (Å²) < 4.78 is 26.3. The average Bonchev–Trinajstić information content (AvgIpc) is 3.19. The Bertz CT molecular complexity index is 973. The Morgan fingerprint density at radius 1 is 1.15 bits per heavy atom. The molecule has 1 aromatic carbocycles. The second-order valence-corrected chi connectivity index (χ2v) is 9.21. The summed E-state index contributed by atoms with van der Waals surface area (Å²) in [5.41, 5.74) is 0.935. The third-order valence-corrected chi connectivity index (χ3v) is 7.55. The topological polar surface area (TPSA) is 76.1 Å². The molecule has 0 fully saturated rings. The standard InChI is InChI=1S/C18H15ClN2O3S2/c19-15-7-5-13(6-8-15)16(26(23,24)17-4-2-10-25-17)12-21-18(22)14-3-1-9-20-11-14/h1-11,16H,12H2,(H,21,22)/t16-/m0/s1. The fourth-order valence-corrected chi connectivity index (χ4v) is 5.43. The zero-order valence-corrected chi connectivity index (χ0v) is 15.9. The first-order valence-corrected chi connectivity index (χ1v) is 10.5. The molecule has 0 saturated carbocycles. The number of nitrogens with one attached hydrogen (secondary N) is 1. The second-order valence-electron chi connectivity index (χ2n) is 5.47. The molecule has 5 nitrogen and oxygen atoms in total. The Hall–Kier alpha value is -2.22. The number of halogens is 1. The van der Waals surface area contributed by atoms with Crippen LogP contribution in [-0.4, -0.2) is 25.9 Å². The van der Waals surface area contributed by atoms with Crippen LogP contribution < -0.4 is 5.32 Å². The van der Waals surface area contributed by atoms with Gasteiger partial charge in [-0.05, 0) is 41.3 Å². The van der Waals surface area contributed by atoms with E-state index in [0.29, 0.717) is 16.1 Å². The highest BCUT2D eigenvalue weighted by atomic mass is 35.5. The summed E-state index contributed by atoms with van der Waals surface area (Å²) in [5, 5.41) is 4.00. The highest BCUT2D eigenvalue weighted by Gasteiger charge is 2.30. The van der Waals surface area contributed by atoms with Gasteiger partial charge < -0.3 is 5.32 Å². The van der Waals surface area contributed by atoms with Gasteiger partial charge in [0.25, 0.3) is 5.91 Å². The summed E-state index contributed by atoms with van der Waals surface area (Å²) in [6.45, 7) is -0.0599. The summed E-state index contributed by atoms with van der Waals surface area (Å²) in [6, 6.07) is 13.1. The molecule has 8 heteroatoms. The van der Waals surface area contributed by atoms with Crippen molar-refractivity contribution in [2.45, 2.75) is 9.46 Å². The molecule has 134 valence electrons. The first kappa shape index (κ1) is 18.6. The van der Waals surface area contributed by atoms with E-state index in [2.05, 4.69) is 10.3 Å². The monoisotopic (exact) mass is 406 g/mol. The predicted octanol–water partition coefficient (Wildman–Crippen LogP) is 3.74. The molecule has 0 saturated heterocycles. The summed E-state index contributed by atoms with van der Waals surface area (Å²) in [6.07, 6.45) is 2.99. The lowest BCUT2D eigenvalue weighted by Crippen LogP contribution is -2.31. The third-order valence-electron chi connectivity index (χ3n) is 3.76. The van der Waals surface area contributed by atoms with Crippen LogP contribution in [0, 0.1) is 0 Å². The first-order chi connectivity index (χ1) is 12.5. The van der Waals surface area contributed by atoms with Gasteiger partial charge in [0.15, 0.2) is 9.84 Å². The van der Waals surface area contributed by atoms with Gasteiger partial charge in [0.05, 0.1) is 5.56 Å². The van der Waals surface area contributed by atoms with E-state index in [1.165, 1.54) is 6.20 Å². The van der Waals surface area contributed by atoms with Crippen molar-refractivity contribution in [3.63, 3.8) is 0 Å². The normalized spacial score (nSPS) is 12.5. The lowest BCUT2D eigenvalue weighted by Gasteiger charge is -2.18. The van der Waals surface area contributed by atoms with Crippen LogP contribution in [0.25, 0.3) is 0 Å². The molecule has 26 heavy (non-hydrogen) atoms. The van der Waals surface area contributed by atoms with Crippen LogP contribution in [-0.2, 0) is 9.84 Å². The smallest absolute Gasteiger partial charge is 0.252 e. The Morgan fingerprint density at radius 2 is 1.92 bits per heavy atom. The second kappa shape index (κ2) is 7.99. The number of carbonyl (C=O) groups excluding carboxylic acids is 1. The van der Waals surface area contributed by atoms with Crippen LogP contribution in [0.2, 0.25) is 5.02 Å². The first-order valence-electron chi connectivity index (χ1n) is 7.69. The Morgan fingerprint density at radius 3 is 2.54 bits per heavy atom. The number of amides is 1. The molecule has 0 aliphatic rings. The van der Waals surface area contributed by atoms with E-state index >= 15 is 0 Å². The lowest BCUT2D eigenvalue weighted by atomic mass is 10.1. The maximum Gasteiger partial charge on any atom is 0.252 e. The highest BCUT2D eigenvalue weighted by molar-refractivity contribution is 7.93. The number of carbonyl (C=O) groups is 1. The van der Waals surface area contributed by atoms with Gasteiger partial charge in [-0.15, -0.1) is 11.3 Å². The van der Waals surface area contributed by atoms with Crippen LogP contribution in [0.3, 0.4) is 0 Å². The van der Waals surface area contributed by atoms with E-state index in [0.717, 1.165) is 11.3 Å². The van der Waals surface area contributed by atoms with Gasteiger partial charge in [-0.1, -0.05) is 29.8 Å². The van der Waals surface area contributed by atoms with E-state index in [9.17, 15) is 13.2 Å². The maximum atomic E-state index is 13.0. The number of rotatable bonds is 6. The summed E-state index contributed by atoms with van der Waals surface area (Å²) in [7, 11) is -3.66. The molecule has 0 bridgehead atoms. The van der Waals surface area contributed by atoms with E-state index in [4.69, 9.17) is 11.6 Å². The Kier molecular flexibility index (Phi) is 5.70. The molecule has 1 N–H and O–H groups in total. The van der Waals surface area contributed by atoms with Crippen LogP contribution in [0.4, 0.5) is 0 Å². The van der Waals surface area contributed by atoms with Gasteiger partial charge >= 0.3 is 0 Å². The zero-order valence-electron chi connectivity index (χ0n) is 13.5. The molecule has 0 radical (unpaired) electrons. The van der Waals surface area contributed by atoms with Crippen molar-refractivity contribution in [2.24, 2.45) is 0 Å². The average molecular weight is 407 g/mol. The number of hydrogen-bond acceptors (Lipinski definition) is 5. The Labute approximate surface area is 160 Å². The minimum absolute atomic E-state index is 0.0599. The van der Waals surface area contributed by atoms with Crippen molar-refractivity contribution in [2.75, 3.05) is 6.54 Å². The number of benzene rings is 1. The summed E-state index contributed by atoms with van der Waals surface area (Å²) in [4.78, 5) is 16.2. The largest absolute Gasteiger partial charge is 0.350 e. The SMILES string of the molecule is O=C(NC[C@@H](c1ccc(Cl)cc1)S(=O)(=O)c1cccs1)c1cccnc1.